The lowest BCUT2D eigenvalue weighted by atomic mass is 9.82. The Morgan fingerprint density at radius 2 is 1.67 bits per heavy atom. The second-order valence-corrected chi connectivity index (χ2v) is 5.41. The fourth-order valence-corrected chi connectivity index (χ4v) is 2.18. The predicted molar refractivity (Wildman–Crippen MR) is 55.3 cm³/mol. The molecule has 0 saturated heterocycles. The zero-order valence-corrected chi connectivity index (χ0v) is 9.03. The van der Waals surface area contributed by atoms with E-state index in [1.807, 2.05) is 0 Å². The summed E-state index contributed by atoms with van der Waals surface area (Å²) in [5.74, 6) is 0.974. The Morgan fingerprint density at radius 1 is 0.917 bits per heavy atom. The minimum Gasteiger partial charge on any atom is -0.0625 e. The lowest BCUT2D eigenvalue weighted by Gasteiger charge is -2.24. The molecule has 0 aromatic heterocycles. The number of rotatable bonds is 0. The molecule has 0 N–H and O–H groups in total. The lowest BCUT2D eigenvalue weighted by molar-refractivity contribution is 0.279. The van der Waals surface area contributed by atoms with E-state index in [-0.39, 0.29) is 0 Å². The van der Waals surface area contributed by atoms with Crippen molar-refractivity contribution in [3.8, 4) is 0 Å². The standard InChI is InChI=1S/C12H24/c1-11-7-5-4-6-9-12(2,3)10-8-11/h11H,4-10H2,1-3H3. The first-order valence-electron chi connectivity index (χ1n) is 5.60. The summed E-state index contributed by atoms with van der Waals surface area (Å²) in [5, 5.41) is 0. The summed E-state index contributed by atoms with van der Waals surface area (Å²) in [6, 6.07) is 0. The van der Waals surface area contributed by atoms with Gasteiger partial charge in [0.25, 0.3) is 0 Å². The van der Waals surface area contributed by atoms with Gasteiger partial charge in [-0.1, -0.05) is 52.9 Å². The van der Waals surface area contributed by atoms with Crippen molar-refractivity contribution in [2.75, 3.05) is 0 Å². The molecule has 1 aliphatic carbocycles. The molecular weight excluding hydrogens is 144 g/mol. The first-order chi connectivity index (χ1) is 5.60. The van der Waals surface area contributed by atoms with Gasteiger partial charge in [0.15, 0.2) is 0 Å². The van der Waals surface area contributed by atoms with Crippen LogP contribution in [0.1, 0.15) is 65.7 Å². The van der Waals surface area contributed by atoms with E-state index in [1.165, 1.54) is 44.9 Å². The topological polar surface area (TPSA) is 0 Å². The van der Waals surface area contributed by atoms with Crippen LogP contribution in [0.5, 0.6) is 0 Å². The second-order valence-electron chi connectivity index (χ2n) is 5.41. The maximum Gasteiger partial charge on any atom is -0.0354 e. The molecule has 1 rings (SSSR count). The minimum absolute atomic E-state index is 0.624. The Labute approximate surface area is 77.7 Å². The molecule has 0 heteroatoms. The molecule has 0 spiro atoms. The molecular formula is C12H24. The van der Waals surface area contributed by atoms with Crippen LogP contribution in [-0.4, -0.2) is 0 Å². The molecule has 1 fully saturated rings. The van der Waals surface area contributed by atoms with Crippen LogP contribution in [0.2, 0.25) is 0 Å². The summed E-state index contributed by atoms with van der Waals surface area (Å²) in [7, 11) is 0. The van der Waals surface area contributed by atoms with Crippen LogP contribution in [0, 0.1) is 11.3 Å². The Balaban J connectivity index is 2.40. The summed E-state index contributed by atoms with van der Waals surface area (Å²) in [4.78, 5) is 0. The maximum atomic E-state index is 2.44. The molecule has 0 radical (unpaired) electrons. The van der Waals surface area contributed by atoms with Crippen molar-refractivity contribution in [1.82, 2.24) is 0 Å². The fraction of sp³-hybridized carbons (Fsp3) is 1.00. The van der Waals surface area contributed by atoms with Crippen molar-refractivity contribution >= 4 is 0 Å². The van der Waals surface area contributed by atoms with E-state index in [4.69, 9.17) is 0 Å². The summed E-state index contributed by atoms with van der Waals surface area (Å²) >= 11 is 0. The second kappa shape index (κ2) is 4.30. The fourth-order valence-electron chi connectivity index (χ4n) is 2.18. The Morgan fingerprint density at radius 3 is 2.42 bits per heavy atom. The van der Waals surface area contributed by atoms with Gasteiger partial charge < -0.3 is 0 Å². The summed E-state index contributed by atoms with van der Waals surface area (Å²) in [5.41, 5.74) is 0.624. The van der Waals surface area contributed by atoms with Crippen LogP contribution < -0.4 is 0 Å². The van der Waals surface area contributed by atoms with Gasteiger partial charge in [-0.2, -0.15) is 0 Å². The van der Waals surface area contributed by atoms with Gasteiger partial charge in [-0.15, -0.1) is 0 Å². The van der Waals surface area contributed by atoms with Gasteiger partial charge in [0.1, 0.15) is 0 Å². The van der Waals surface area contributed by atoms with Gasteiger partial charge >= 0.3 is 0 Å². The molecule has 1 atom stereocenters. The van der Waals surface area contributed by atoms with E-state index in [0.717, 1.165) is 5.92 Å². The van der Waals surface area contributed by atoms with Crippen LogP contribution >= 0.6 is 0 Å². The molecule has 1 unspecified atom stereocenters. The van der Waals surface area contributed by atoms with E-state index in [9.17, 15) is 0 Å². The number of hydrogen-bond donors (Lipinski definition) is 0. The van der Waals surface area contributed by atoms with Gasteiger partial charge in [-0.3, -0.25) is 0 Å². The van der Waals surface area contributed by atoms with Gasteiger partial charge in [-0.25, -0.2) is 0 Å². The van der Waals surface area contributed by atoms with E-state index in [1.54, 1.807) is 0 Å². The zero-order valence-electron chi connectivity index (χ0n) is 9.03. The van der Waals surface area contributed by atoms with Crippen molar-refractivity contribution in [1.29, 1.82) is 0 Å². The molecule has 0 heterocycles. The average Bonchev–Trinajstić information content (AvgIpc) is 2.05. The summed E-state index contributed by atoms with van der Waals surface area (Å²) in [6.07, 6.45) is 10.2. The highest BCUT2D eigenvalue weighted by Gasteiger charge is 2.19. The molecule has 0 bridgehead atoms. The third kappa shape index (κ3) is 3.60. The van der Waals surface area contributed by atoms with E-state index in [2.05, 4.69) is 20.8 Å². The normalized spacial score (nSPS) is 31.8. The molecule has 0 aromatic rings. The SMILES string of the molecule is CC1CCCCCC(C)(C)CC1. The highest BCUT2D eigenvalue weighted by atomic mass is 14.2. The van der Waals surface area contributed by atoms with Gasteiger partial charge in [0, 0.05) is 0 Å². The summed E-state index contributed by atoms with van der Waals surface area (Å²) < 4.78 is 0. The highest BCUT2D eigenvalue weighted by Crippen LogP contribution is 2.33. The van der Waals surface area contributed by atoms with Crippen LogP contribution in [0.25, 0.3) is 0 Å². The van der Waals surface area contributed by atoms with Gasteiger partial charge in [-0.05, 0) is 24.2 Å². The van der Waals surface area contributed by atoms with E-state index in [0.29, 0.717) is 5.41 Å². The van der Waals surface area contributed by atoms with E-state index >= 15 is 0 Å². The monoisotopic (exact) mass is 168 g/mol. The van der Waals surface area contributed by atoms with Crippen molar-refractivity contribution in [2.24, 2.45) is 11.3 Å². The molecule has 1 saturated carbocycles. The molecule has 12 heavy (non-hydrogen) atoms. The number of hydrogen-bond acceptors (Lipinski definition) is 0. The molecule has 0 nitrogen and oxygen atoms in total. The van der Waals surface area contributed by atoms with Crippen LogP contribution in [0.3, 0.4) is 0 Å². The van der Waals surface area contributed by atoms with E-state index < -0.39 is 0 Å². The smallest absolute Gasteiger partial charge is 0.0354 e. The molecule has 0 aromatic carbocycles. The third-order valence-corrected chi connectivity index (χ3v) is 3.36. The van der Waals surface area contributed by atoms with Crippen molar-refractivity contribution in [2.45, 2.75) is 65.7 Å². The third-order valence-electron chi connectivity index (χ3n) is 3.36. The van der Waals surface area contributed by atoms with Crippen LogP contribution in [0.15, 0.2) is 0 Å². The Bertz CT molecular complexity index is 124. The Hall–Kier alpha value is 0. The van der Waals surface area contributed by atoms with Crippen LogP contribution in [0.4, 0.5) is 0 Å². The largest absolute Gasteiger partial charge is 0.0625 e. The maximum absolute atomic E-state index is 2.44. The van der Waals surface area contributed by atoms with Gasteiger partial charge in [0.05, 0.1) is 0 Å². The lowest BCUT2D eigenvalue weighted by Crippen LogP contribution is -2.11. The molecule has 1 aliphatic rings. The average molecular weight is 168 g/mol. The van der Waals surface area contributed by atoms with Crippen molar-refractivity contribution < 1.29 is 0 Å². The van der Waals surface area contributed by atoms with Gasteiger partial charge in [0.2, 0.25) is 0 Å². The zero-order chi connectivity index (χ0) is 9.03. The first-order valence-corrected chi connectivity index (χ1v) is 5.60. The van der Waals surface area contributed by atoms with Crippen LogP contribution in [-0.2, 0) is 0 Å². The molecule has 72 valence electrons. The summed E-state index contributed by atoms with van der Waals surface area (Å²) in [6.45, 7) is 7.29. The Kier molecular flexibility index (Phi) is 3.61. The molecule has 0 aliphatic heterocycles. The van der Waals surface area contributed by atoms with Crippen molar-refractivity contribution in [3.63, 3.8) is 0 Å². The molecule has 0 amide bonds. The first kappa shape index (κ1) is 10.1. The quantitative estimate of drug-likeness (QED) is 0.503. The van der Waals surface area contributed by atoms with Crippen molar-refractivity contribution in [3.05, 3.63) is 0 Å². The minimum atomic E-state index is 0.624. The highest BCUT2D eigenvalue weighted by molar-refractivity contribution is 4.72. The predicted octanol–water partition coefficient (Wildman–Crippen LogP) is 4.39.